The van der Waals surface area contributed by atoms with Crippen molar-refractivity contribution < 1.29 is 22.4 Å². The largest absolute Gasteiger partial charge is 0.289 e. The van der Waals surface area contributed by atoms with Crippen LogP contribution >= 0.6 is 11.3 Å². The molecule has 3 aromatic rings. The average Bonchev–Trinajstić information content (AvgIpc) is 3.22. The van der Waals surface area contributed by atoms with Gasteiger partial charge in [-0.25, -0.2) is 17.8 Å². The summed E-state index contributed by atoms with van der Waals surface area (Å²) in [5.41, 5.74) is 5.48. The Morgan fingerprint density at radius 2 is 1.77 bits per heavy atom. The number of sulfonamides is 1. The number of likely N-dealkylation sites (N-methyl/N-ethyl adjacent to an activating group) is 1. The number of rotatable bonds is 6. The number of hydrogen-bond donors (Lipinski definition) is 2. The first kappa shape index (κ1) is 22.5. The van der Waals surface area contributed by atoms with Crippen molar-refractivity contribution in [3.63, 3.8) is 0 Å². The molecule has 0 fully saturated rings. The summed E-state index contributed by atoms with van der Waals surface area (Å²) in [5.74, 6) is -1.91. The first-order chi connectivity index (χ1) is 14.7. The van der Waals surface area contributed by atoms with Gasteiger partial charge in [-0.2, -0.15) is 4.31 Å². The summed E-state index contributed by atoms with van der Waals surface area (Å²) in [6, 6.07) is 12.3. The van der Waals surface area contributed by atoms with Gasteiger partial charge in [0.05, 0.1) is 11.4 Å². The van der Waals surface area contributed by atoms with Crippen molar-refractivity contribution >= 4 is 33.2 Å². The molecule has 0 aliphatic heterocycles. The van der Waals surface area contributed by atoms with Gasteiger partial charge >= 0.3 is 0 Å². The number of carbonyl (C=O) groups is 2. The fourth-order valence-corrected chi connectivity index (χ4v) is 4.50. The van der Waals surface area contributed by atoms with Gasteiger partial charge in [-0.15, -0.1) is 11.3 Å². The molecule has 0 aliphatic carbocycles. The molecule has 0 spiro atoms. The lowest BCUT2D eigenvalue weighted by molar-refractivity contribution is -0.121. The van der Waals surface area contributed by atoms with Crippen LogP contribution in [-0.4, -0.2) is 43.1 Å². The third-order valence-corrected chi connectivity index (χ3v) is 6.95. The van der Waals surface area contributed by atoms with Crippen molar-refractivity contribution in [2.75, 3.05) is 13.6 Å². The number of hydrogen-bond acceptors (Lipinski definition) is 6. The van der Waals surface area contributed by atoms with Gasteiger partial charge in [0.1, 0.15) is 16.5 Å². The molecular formula is C20H19FN4O4S2. The van der Waals surface area contributed by atoms with Crippen molar-refractivity contribution in [1.29, 1.82) is 0 Å². The minimum atomic E-state index is -3.86. The monoisotopic (exact) mass is 462 g/mol. The van der Waals surface area contributed by atoms with Crippen LogP contribution in [0.2, 0.25) is 0 Å². The molecule has 0 saturated carbocycles. The van der Waals surface area contributed by atoms with E-state index in [0.717, 1.165) is 21.2 Å². The molecule has 2 aromatic carbocycles. The molecule has 3 rings (SSSR count). The van der Waals surface area contributed by atoms with Gasteiger partial charge in [-0.3, -0.25) is 20.4 Å². The topological polar surface area (TPSA) is 108 Å². The summed E-state index contributed by atoms with van der Waals surface area (Å²) in [6.45, 7) is 1.33. The maximum atomic E-state index is 13.9. The second-order valence-electron chi connectivity index (χ2n) is 6.59. The van der Waals surface area contributed by atoms with Crippen molar-refractivity contribution in [3.05, 3.63) is 71.0 Å². The highest BCUT2D eigenvalue weighted by atomic mass is 32.2. The van der Waals surface area contributed by atoms with Crippen LogP contribution in [0.25, 0.3) is 10.6 Å². The number of carbonyl (C=O) groups excluding carboxylic acids is 2. The van der Waals surface area contributed by atoms with Gasteiger partial charge in [-0.05, 0) is 31.2 Å². The number of amides is 2. The van der Waals surface area contributed by atoms with Crippen LogP contribution in [0, 0.1) is 12.7 Å². The third kappa shape index (κ3) is 5.32. The zero-order valence-corrected chi connectivity index (χ0v) is 18.3. The Morgan fingerprint density at radius 1 is 1.10 bits per heavy atom. The Hall–Kier alpha value is -3.15. The van der Waals surface area contributed by atoms with Crippen LogP contribution in [0.5, 0.6) is 0 Å². The summed E-state index contributed by atoms with van der Waals surface area (Å²) in [4.78, 5) is 28.4. The van der Waals surface area contributed by atoms with E-state index in [1.54, 1.807) is 30.3 Å². The summed E-state index contributed by atoms with van der Waals surface area (Å²) in [5, 5.41) is 1.75. The lowest BCUT2D eigenvalue weighted by atomic mass is 10.2. The molecule has 2 N–H and O–H groups in total. The molecule has 162 valence electrons. The molecule has 0 bridgehead atoms. The minimum Gasteiger partial charge on any atom is -0.272 e. The number of aryl methyl sites for hydroxylation is 1. The smallest absolute Gasteiger partial charge is 0.272 e. The van der Waals surface area contributed by atoms with Crippen molar-refractivity contribution in [3.8, 4) is 10.6 Å². The van der Waals surface area contributed by atoms with Gasteiger partial charge in [0.2, 0.25) is 10.0 Å². The number of nitrogens with zero attached hydrogens (tertiary/aromatic N) is 2. The molecular weight excluding hydrogens is 443 g/mol. The zero-order valence-electron chi connectivity index (χ0n) is 16.6. The van der Waals surface area contributed by atoms with Gasteiger partial charge in [-0.1, -0.05) is 29.8 Å². The van der Waals surface area contributed by atoms with E-state index < -0.39 is 34.2 Å². The fraction of sp³-hybridized carbons (Fsp3) is 0.150. The van der Waals surface area contributed by atoms with Gasteiger partial charge in [0.25, 0.3) is 11.8 Å². The molecule has 0 saturated heterocycles. The molecule has 0 aliphatic rings. The van der Waals surface area contributed by atoms with Crippen molar-refractivity contribution in [2.45, 2.75) is 11.8 Å². The summed E-state index contributed by atoms with van der Waals surface area (Å²) in [7, 11) is -2.60. The molecule has 1 aromatic heterocycles. The van der Waals surface area contributed by atoms with Gasteiger partial charge < -0.3 is 0 Å². The summed E-state index contributed by atoms with van der Waals surface area (Å²) in [6.07, 6.45) is 0. The average molecular weight is 463 g/mol. The van der Waals surface area contributed by atoms with E-state index in [2.05, 4.69) is 15.8 Å². The van der Waals surface area contributed by atoms with Crippen LogP contribution < -0.4 is 10.9 Å². The first-order valence-corrected chi connectivity index (χ1v) is 11.3. The van der Waals surface area contributed by atoms with Crippen LogP contribution in [0.4, 0.5) is 4.39 Å². The molecule has 2 amide bonds. The van der Waals surface area contributed by atoms with E-state index in [-0.39, 0.29) is 16.2 Å². The summed E-state index contributed by atoms with van der Waals surface area (Å²) < 4.78 is 39.8. The number of aromatic nitrogens is 1. The predicted octanol–water partition coefficient (Wildman–Crippen LogP) is 2.34. The zero-order chi connectivity index (χ0) is 22.6. The van der Waals surface area contributed by atoms with E-state index in [0.29, 0.717) is 5.01 Å². The highest BCUT2D eigenvalue weighted by Crippen LogP contribution is 2.26. The lowest BCUT2D eigenvalue weighted by Crippen LogP contribution is -2.46. The Labute approximate surface area is 182 Å². The van der Waals surface area contributed by atoms with Crippen molar-refractivity contribution in [1.82, 2.24) is 20.1 Å². The molecule has 8 nitrogen and oxygen atoms in total. The first-order valence-electron chi connectivity index (χ1n) is 9.01. The van der Waals surface area contributed by atoms with Crippen LogP contribution in [0.1, 0.15) is 16.1 Å². The minimum absolute atomic E-state index is 0.0100. The van der Waals surface area contributed by atoms with E-state index >= 15 is 0 Å². The van der Waals surface area contributed by atoms with Crippen LogP contribution in [0.15, 0.2) is 58.8 Å². The van der Waals surface area contributed by atoms with Gasteiger partial charge in [0.15, 0.2) is 0 Å². The van der Waals surface area contributed by atoms with Crippen LogP contribution in [-0.2, 0) is 14.8 Å². The Morgan fingerprint density at radius 3 is 2.45 bits per heavy atom. The van der Waals surface area contributed by atoms with E-state index in [1.165, 1.54) is 30.6 Å². The maximum Gasteiger partial charge on any atom is 0.289 e. The molecule has 0 radical (unpaired) electrons. The van der Waals surface area contributed by atoms with E-state index in [4.69, 9.17) is 0 Å². The van der Waals surface area contributed by atoms with Crippen LogP contribution in [0.3, 0.4) is 0 Å². The second kappa shape index (κ2) is 9.33. The highest BCUT2D eigenvalue weighted by Gasteiger charge is 2.23. The molecule has 1 heterocycles. The molecule has 31 heavy (non-hydrogen) atoms. The lowest BCUT2D eigenvalue weighted by Gasteiger charge is -2.17. The quantitative estimate of drug-likeness (QED) is 0.547. The Balaban J connectivity index is 1.58. The fourth-order valence-electron chi connectivity index (χ4n) is 2.54. The second-order valence-corrected chi connectivity index (χ2v) is 9.50. The number of halogens is 1. The maximum absolute atomic E-state index is 13.9. The van der Waals surface area contributed by atoms with Crippen molar-refractivity contribution in [2.24, 2.45) is 0 Å². The van der Waals surface area contributed by atoms with E-state index in [9.17, 15) is 22.4 Å². The standard InChI is InChI=1S/C20H19FN4O4S2/c1-13-7-9-14(10-8-13)31(28,29)25(2)11-18(26)23-24-19(27)17-12-30-20(22-17)15-5-3-4-6-16(15)21/h3-10,12H,11H2,1-2H3,(H,23,26)(H,24,27). The third-order valence-electron chi connectivity index (χ3n) is 4.25. The molecule has 0 unspecified atom stereocenters. The SMILES string of the molecule is Cc1ccc(S(=O)(=O)N(C)CC(=O)NNC(=O)c2csc(-c3ccccc3F)n2)cc1. The van der Waals surface area contributed by atoms with E-state index in [1.807, 2.05) is 6.92 Å². The molecule has 11 heteroatoms. The molecule has 0 atom stereocenters. The number of benzene rings is 2. The van der Waals surface area contributed by atoms with Gasteiger partial charge in [0, 0.05) is 18.0 Å². The predicted molar refractivity (Wildman–Crippen MR) is 114 cm³/mol. The number of hydrazine groups is 1. The Kier molecular flexibility index (Phi) is 6.78. The number of thiazole rings is 1. The summed E-state index contributed by atoms with van der Waals surface area (Å²) >= 11 is 1.08. The normalized spacial score (nSPS) is 11.4. The Bertz CT molecular complexity index is 1210. The number of nitrogens with one attached hydrogen (secondary N) is 2. The highest BCUT2D eigenvalue weighted by molar-refractivity contribution is 7.89.